The predicted molar refractivity (Wildman–Crippen MR) is 354 cm³/mol. The standard InChI is InChI=1S/C82H53N/c1-3-15-54(16-4-1)56-27-31-58(32-28-56)60-35-39-62(40-36-60)64-43-45-81-79(50-64)80-51-65(63-41-37-61(38-42-63)59-33-29-57(30-34-59)55-17-5-2-6-18-55)44-46-82(80)83(81)70-48-68(77-52-66-19-7-9-21-71(66)73-23-11-13-25-75(73)77)47-69(49-70)78-53-67-20-8-10-22-72(67)74-24-12-14-26-76(74)78/h1-53H. The summed E-state index contributed by atoms with van der Waals surface area (Å²) < 4.78 is 2.52. The van der Waals surface area contributed by atoms with Crippen LogP contribution in [0.5, 0.6) is 0 Å². The Balaban J connectivity index is 0.876. The van der Waals surface area contributed by atoms with Crippen LogP contribution >= 0.6 is 0 Å². The highest BCUT2D eigenvalue weighted by Gasteiger charge is 2.20. The second-order valence-corrected chi connectivity index (χ2v) is 22.0. The summed E-state index contributed by atoms with van der Waals surface area (Å²) in [7, 11) is 0. The van der Waals surface area contributed by atoms with E-state index < -0.39 is 0 Å². The highest BCUT2D eigenvalue weighted by Crippen LogP contribution is 2.44. The molecule has 1 heteroatoms. The molecule has 0 aliphatic carbocycles. The van der Waals surface area contributed by atoms with Crippen molar-refractivity contribution in [2.45, 2.75) is 0 Å². The van der Waals surface area contributed by atoms with Gasteiger partial charge in [-0.2, -0.15) is 0 Å². The first kappa shape index (κ1) is 48.1. The van der Waals surface area contributed by atoms with E-state index in [-0.39, 0.29) is 0 Å². The van der Waals surface area contributed by atoms with Crippen LogP contribution in [-0.2, 0) is 0 Å². The minimum atomic E-state index is 1.11. The molecule has 1 heterocycles. The van der Waals surface area contributed by atoms with E-state index in [0.717, 1.165) is 16.7 Å². The molecule has 0 radical (unpaired) electrons. The third-order valence-electron chi connectivity index (χ3n) is 17.2. The quantitative estimate of drug-likeness (QED) is 0.127. The summed E-state index contributed by atoms with van der Waals surface area (Å²) in [5.41, 5.74) is 22.6. The molecule has 0 spiro atoms. The van der Waals surface area contributed by atoms with Gasteiger partial charge in [0.15, 0.2) is 0 Å². The van der Waals surface area contributed by atoms with Crippen molar-refractivity contribution in [2.24, 2.45) is 0 Å². The summed E-state index contributed by atoms with van der Waals surface area (Å²) in [5, 5.41) is 12.4. The largest absolute Gasteiger partial charge is 0.309 e. The lowest BCUT2D eigenvalue weighted by atomic mass is 9.89. The van der Waals surface area contributed by atoms with Crippen molar-refractivity contribution in [1.82, 2.24) is 4.57 Å². The molecule has 83 heavy (non-hydrogen) atoms. The molecule has 386 valence electrons. The Morgan fingerprint density at radius 3 is 0.795 bits per heavy atom. The first-order valence-corrected chi connectivity index (χ1v) is 28.7. The van der Waals surface area contributed by atoms with Crippen molar-refractivity contribution in [3.05, 3.63) is 322 Å². The van der Waals surface area contributed by atoms with E-state index in [2.05, 4.69) is 326 Å². The van der Waals surface area contributed by atoms with Gasteiger partial charge in [-0.05, 0) is 187 Å². The van der Waals surface area contributed by atoms with Gasteiger partial charge in [0.1, 0.15) is 0 Å². The number of hydrogen-bond donors (Lipinski definition) is 0. The number of rotatable bonds is 9. The van der Waals surface area contributed by atoms with Gasteiger partial charge in [-0.25, -0.2) is 0 Å². The molecule has 0 N–H and O–H groups in total. The van der Waals surface area contributed by atoms with Crippen molar-refractivity contribution >= 4 is 64.9 Å². The van der Waals surface area contributed by atoms with Crippen LogP contribution in [0.4, 0.5) is 0 Å². The van der Waals surface area contributed by atoms with Crippen molar-refractivity contribution < 1.29 is 0 Å². The number of nitrogens with zero attached hydrogens (tertiary/aromatic N) is 1. The fourth-order valence-corrected chi connectivity index (χ4v) is 13.0. The van der Waals surface area contributed by atoms with E-state index >= 15 is 0 Å². The molecule has 0 bridgehead atoms. The van der Waals surface area contributed by atoms with Gasteiger partial charge in [0.25, 0.3) is 0 Å². The molecule has 0 unspecified atom stereocenters. The van der Waals surface area contributed by atoms with Crippen LogP contribution in [0.2, 0.25) is 0 Å². The lowest BCUT2D eigenvalue weighted by molar-refractivity contribution is 1.18. The number of hydrogen-bond acceptors (Lipinski definition) is 0. The number of fused-ring (bicyclic) bond motifs is 9. The van der Waals surface area contributed by atoms with Gasteiger partial charge in [0, 0.05) is 16.5 Å². The third kappa shape index (κ3) is 8.58. The summed E-state index contributed by atoms with van der Waals surface area (Å²) in [5.74, 6) is 0. The zero-order valence-electron chi connectivity index (χ0n) is 45.5. The van der Waals surface area contributed by atoms with Gasteiger partial charge in [0.05, 0.1) is 11.0 Å². The van der Waals surface area contributed by atoms with E-state index in [9.17, 15) is 0 Å². The molecule has 0 aliphatic rings. The second kappa shape index (κ2) is 20.0. The highest BCUT2D eigenvalue weighted by atomic mass is 15.0. The normalized spacial score (nSPS) is 11.6. The Labute approximate surface area is 482 Å². The molecule has 0 saturated carbocycles. The Morgan fingerprint density at radius 1 is 0.157 bits per heavy atom. The van der Waals surface area contributed by atoms with E-state index in [0.29, 0.717) is 0 Å². The number of benzene rings is 15. The van der Waals surface area contributed by atoms with Crippen LogP contribution in [0.25, 0.3) is 160 Å². The molecule has 0 saturated heterocycles. The van der Waals surface area contributed by atoms with Gasteiger partial charge < -0.3 is 4.57 Å². The summed E-state index contributed by atoms with van der Waals surface area (Å²) in [6.07, 6.45) is 0. The van der Waals surface area contributed by atoms with Crippen molar-refractivity contribution in [3.8, 4) is 94.7 Å². The Morgan fingerprint density at radius 2 is 0.434 bits per heavy atom. The fraction of sp³-hybridized carbons (Fsp3) is 0. The first-order chi connectivity index (χ1) is 41.1. The predicted octanol–water partition coefficient (Wildman–Crippen LogP) is 22.7. The topological polar surface area (TPSA) is 4.93 Å². The minimum absolute atomic E-state index is 1.11. The monoisotopic (exact) mass is 1050 g/mol. The molecule has 1 aromatic heterocycles. The van der Waals surface area contributed by atoms with Crippen LogP contribution in [0.3, 0.4) is 0 Å². The molecule has 0 aliphatic heterocycles. The van der Waals surface area contributed by atoms with Gasteiger partial charge in [-0.3, -0.25) is 0 Å². The Bertz CT molecular complexity index is 4810. The Hall–Kier alpha value is -10.9. The van der Waals surface area contributed by atoms with E-state index in [1.54, 1.807) is 0 Å². The maximum absolute atomic E-state index is 2.52. The molecule has 16 aromatic rings. The highest BCUT2D eigenvalue weighted by molar-refractivity contribution is 6.17. The molecular weight excluding hydrogens is 999 g/mol. The van der Waals surface area contributed by atoms with Crippen molar-refractivity contribution in [3.63, 3.8) is 0 Å². The summed E-state index contributed by atoms with van der Waals surface area (Å²) in [6, 6.07) is 119. The van der Waals surface area contributed by atoms with Gasteiger partial charge in [-0.15, -0.1) is 0 Å². The van der Waals surface area contributed by atoms with Crippen LogP contribution < -0.4 is 0 Å². The van der Waals surface area contributed by atoms with E-state index in [1.807, 2.05) is 0 Å². The summed E-state index contributed by atoms with van der Waals surface area (Å²) in [6.45, 7) is 0. The lowest BCUT2D eigenvalue weighted by Gasteiger charge is -2.18. The minimum Gasteiger partial charge on any atom is -0.309 e. The SMILES string of the molecule is c1ccc(-c2ccc(-c3ccc(-c4ccc5c(c4)c4cc(-c6ccc(-c7ccc(-c8ccccc8)cc7)cc6)ccc4n5-c4cc(-c5cc6ccccc6c6ccccc56)cc(-c5cc6ccccc6c6ccccc56)c4)cc3)cc2)cc1. The molecule has 15 aromatic carbocycles. The van der Waals surface area contributed by atoms with Gasteiger partial charge >= 0.3 is 0 Å². The molecular formula is C82H53N. The molecule has 0 fully saturated rings. The summed E-state index contributed by atoms with van der Waals surface area (Å²) >= 11 is 0. The average Bonchev–Trinajstić information content (AvgIpc) is 4.14. The average molecular weight is 1050 g/mol. The smallest absolute Gasteiger partial charge is 0.0541 e. The zero-order valence-corrected chi connectivity index (χ0v) is 45.5. The second-order valence-electron chi connectivity index (χ2n) is 22.0. The van der Waals surface area contributed by atoms with Crippen molar-refractivity contribution in [2.75, 3.05) is 0 Å². The van der Waals surface area contributed by atoms with Gasteiger partial charge in [0.2, 0.25) is 0 Å². The van der Waals surface area contributed by atoms with Crippen LogP contribution in [0, 0.1) is 0 Å². The first-order valence-electron chi connectivity index (χ1n) is 28.7. The molecule has 0 atom stereocenters. The molecule has 1 nitrogen and oxygen atoms in total. The maximum atomic E-state index is 2.52. The lowest BCUT2D eigenvalue weighted by Crippen LogP contribution is -1.97. The van der Waals surface area contributed by atoms with Crippen LogP contribution in [0.15, 0.2) is 322 Å². The zero-order chi connectivity index (χ0) is 54.8. The van der Waals surface area contributed by atoms with Crippen LogP contribution in [-0.4, -0.2) is 4.57 Å². The Kier molecular flexibility index (Phi) is 11.6. The van der Waals surface area contributed by atoms with Gasteiger partial charge in [-0.1, -0.05) is 267 Å². The third-order valence-corrected chi connectivity index (χ3v) is 17.2. The maximum Gasteiger partial charge on any atom is 0.0541 e. The van der Waals surface area contributed by atoms with Crippen LogP contribution in [0.1, 0.15) is 0 Å². The molecule has 0 amide bonds. The molecule has 16 rings (SSSR count). The van der Waals surface area contributed by atoms with E-state index in [1.165, 1.54) is 143 Å². The summed E-state index contributed by atoms with van der Waals surface area (Å²) in [4.78, 5) is 0. The number of aromatic nitrogens is 1. The van der Waals surface area contributed by atoms with E-state index in [4.69, 9.17) is 0 Å². The fourth-order valence-electron chi connectivity index (χ4n) is 13.0. The van der Waals surface area contributed by atoms with Crippen molar-refractivity contribution in [1.29, 1.82) is 0 Å².